The normalized spacial score (nSPS) is 12.2. The van der Waals surface area contributed by atoms with Crippen LogP contribution in [0.25, 0.3) is 0 Å². The van der Waals surface area contributed by atoms with Crippen molar-refractivity contribution in [3.05, 3.63) is 21.3 Å². The van der Waals surface area contributed by atoms with Gasteiger partial charge >= 0.3 is 5.97 Å². The lowest BCUT2D eigenvalue weighted by Crippen LogP contribution is -2.31. The van der Waals surface area contributed by atoms with Gasteiger partial charge in [0.05, 0.1) is 10.9 Å². The fraction of sp³-hybridized carbons (Fsp3) is 0.600. The highest BCUT2D eigenvalue weighted by Gasteiger charge is 2.16. The Bertz CT molecular complexity index is 490. The lowest BCUT2D eigenvalue weighted by molar-refractivity contribution is -0.159. The van der Waals surface area contributed by atoms with Gasteiger partial charge < -0.3 is 14.8 Å². The minimum absolute atomic E-state index is 0.310. The molecule has 0 spiro atoms. The summed E-state index contributed by atoms with van der Waals surface area (Å²) in [5.41, 5.74) is 0. The van der Waals surface area contributed by atoms with E-state index in [1.165, 1.54) is 11.3 Å². The summed E-state index contributed by atoms with van der Waals surface area (Å²) in [5, 5.41) is 2.66. The molecule has 0 aromatic carbocycles. The number of carbonyl (C=O) groups excluding carboxylic acids is 2. The fourth-order valence-corrected chi connectivity index (χ4v) is 2.51. The Kier molecular flexibility index (Phi) is 8.45. The molecule has 0 saturated heterocycles. The van der Waals surface area contributed by atoms with E-state index in [1.807, 2.05) is 6.07 Å². The highest BCUT2D eigenvalue weighted by Crippen LogP contribution is 2.20. The molecule has 0 aliphatic heterocycles. The molecule has 1 amide bonds. The Morgan fingerprint density at radius 3 is 2.64 bits per heavy atom. The molecule has 5 nitrogen and oxygen atoms in total. The van der Waals surface area contributed by atoms with Crippen molar-refractivity contribution in [3.63, 3.8) is 0 Å². The van der Waals surface area contributed by atoms with Gasteiger partial charge in [-0.3, -0.25) is 4.79 Å². The second-order valence-electron chi connectivity index (χ2n) is 5.29. The van der Waals surface area contributed by atoms with Crippen LogP contribution in [0, 0.1) is 5.92 Å². The van der Waals surface area contributed by atoms with Crippen LogP contribution in [-0.4, -0.2) is 31.2 Å². The van der Waals surface area contributed by atoms with Gasteiger partial charge in [0.15, 0.2) is 12.7 Å². The molecule has 1 atom stereocenters. The van der Waals surface area contributed by atoms with E-state index in [0.29, 0.717) is 23.4 Å². The third-order valence-electron chi connectivity index (χ3n) is 2.83. The Hall–Kier alpha value is -1.11. The smallest absolute Gasteiger partial charge is 0.335 e. The number of rotatable bonds is 9. The predicted octanol–water partition coefficient (Wildman–Crippen LogP) is 3.01. The standard InChI is InChI=1S/C15H22ClNO4S/c1-10(2)6-7-20-11(3)15(19)21-9-14(18)17-8-12-4-5-13(16)22-12/h4-5,10-11H,6-9H2,1-3H3,(H,17,18). The molecule has 1 unspecified atom stereocenters. The number of thiophene rings is 1. The van der Waals surface area contributed by atoms with Crippen LogP contribution in [0.4, 0.5) is 0 Å². The fourth-order valence-electron chi connectivity index (χ4n) is 1.49. The van der Waals surface area contributed by atoms with Crippen LogP contribution >= 0.6 is 22.9 Å². The summed E-state index contributed by atoms with van der Waals surface area (Å²) in [5.74, 6) is -0.370. The van der Waals surface area contributed by atoms with Gasteiger partial charge in [-0.05, 0) is 31.4 Å². The molecular weight excluding hydrogens is 326 g/mol. The Morgan fingerprint density at radius 2 is 2.05 bits per heavy atom. The Balaban J connectivity index is 2.18. The number of hydrogen-bond donors (Lipinski definition) is 1. The quantitative estimate of drug-likeness (QED) is 0.697. The van der Waals surface area contributed by atoms with Crippen molar-refractivity contribution in [2.45, 2.75) is 39.8 Å². The molecule has 1 aromatic rings. The predicted molar refractivity (Wildman–Crippen MR) is 87.0 cm³/mol. The van der Waals surface area contributed by atoms with Crippen molar-refractivity contribution in [3.8, 4) is 0 Å². The maximum Gasteiger partial charge on any atom is 0.335 e. The van der Waals surface area contributed by atoms with Gasteiger partial charge in [-0.1, -0.05) is 25.4 Å². The van der Waals surface area contributed by atoms with Crippen LogP contribution < -0.4 is 5.32 Å². The van der Waals surface area contributed by atoms with Crippen LogP contribution in [0.1, 0.15) is 32.1 Å². The van der Waals surface area contributed by atoms with Crippen LogP contribution in [0.5, 0.6) is 0 Å². The SMILES string of the molecule is CC(C)CCOC(C)C(=O)OCC(=O)NCc1ccc(Cl)s1. The van der Waals surface area contributed by atoms with Crippen LogP contribution in [0.2, 0.25) is 4.34 Å². The molecular formula is C15H22ClNO4S. The molecule has 0 fully saturated rings. The molecule has 0 radical (unpaired) electrons. The average Bonchev–Trinajstić information content (AvgIpc) is 2.87. The molecule has 1 rings (SSSR count). The molecule has 7 heteroatoms. The summed E-state index contributed by atoms with van der Waals surface area (Å²) in [4.78, 5) is 24.2. The third kappa shape index (κ3) is 7.77. The summed E-state index contributed by atoms with van der Waals surface area (Å²) in [7, 11) is 0. The molecule has 0 aliphatic rings. The first-order valence-electron chi connectivity index (χ1n) is 7.17. The summed E-state index contributed by atoms with van der Waals surface area (Å²) in [6, 6.07) is 3.61. The first-order chi connectivity index (χ1) is 10.4. The number of hydrogen-bond acceptors (Lipinski definition) is 5. The molecule has 22 heavy (non-hydrogen) atoms. The highest BCUT2D eigenvalue weighted by atomic mass is 35.5. The van der Waals surface area contributed by atoms with E-state index in [-0.39, 0.29) is 12.5 Å². The van der Waals surface area contributed by atoms with Crippen LogP contribution in [0.15, 0.2) is 12.1 Å². The third-order valence-corrected chi connectivity index (χ3v) is 4.06. The van der Waals surface area contributed by atoms with Gasteiger partial charge in [0, 0.05) is 11.5 Å². The number of carbonyl (C=O) groups is 2. The molecule has 0 saturated carbocycles. The van der Waals surface area contributed by atoms with E-state index in [9.17, 15) is 9.59 Å². The molecule has 0 aliphatic carbocycles. The second-order valence-corrected chi connectivity index (χ2v) is 7.09. The minimum Gasteiger partial charge on any atom is -0.454 e. The summed E-state index contributed by atoms with van der Waals surface area (Å²) in [6.07, 6.45) is 0.212. The van der Waals surface area contributed by atoms with Gasteiger partial charge in [-0.25, -0.2) is 4.79 Å². The van der Waals surface area contributed by atoms with Crippen molar-refractivity contribution in [2.24, 2.45) is 5.92 Å². The van der Waals surface area contributed by atoms with E-state index >= 15 is 0 Å². The Morgan fingerprint density at radius 1 is 1.32 bits per heavy atom. The van der Waals surface area contributed by atoms with E-state index < -0.39 is 12.1 Å². The lowest BCUT2D eigenvalue weighted by Gasteiger charge is -2.13. The average molecular weight is 348 g/mol. The highest BCUT2D eigenvalue weighted by molar-refractivity contribution is 7.16. The molecule has 124 valence electrons. The maximum atomic E-state index is 11.7. The Labute approximate surface area is 139 Å². The number of esters is 1. The molecule has 0 bridgehead atoms. The first kappa shape index (κ1) is 18.9. The van der Waals surface area contributed by atoms with Crippen molar-refractivity contribution in [1.82, 2.24) is 5.32 Å². The first-order valence-corrected chi connectivity index (χ1v) is 8.37. The van der Waals surface area contributed by atoms with Crippen molar-refractivity contribution in [1.29, 1.82) is 0 Å². The number of halogens is 1. The number of nitrogens with one attached hydrogen (secondary N) is 1. The monoisotopic (exact) mass is 347 g/mol. The zero-order chi connectivity index (χ0) is 16.5. The van der Waals surface area contributed by atoms with Gasteiger partial charge in [-0.15, -0.1) is 11.3 Å². The summed E-state index contributed by atoms with van der Waals surface area (Å²) < 4.78 is 10.9. The number of amides is 1. The van der Waals surface area contributed by atoms with E-state index in [2.05, 4.69) is 19.2 Å². The van der Waals surface area contributed by atoms with E-state index in [4.69, 9.17) is 21.1 Å². The van der Waals surface area contributed by atoms with E-state index in [1.54, 1.807) is 13.0 Å². The van der Waals surface area contributed by atoms with Gasteiger partial charge in [0.25, 0.3) is 5.91 Å². The summed E-state index contributed by atoms with van der Waals surface area (Å²) in [6.45, 7) is 6.34. The summed E-state index contributed by atoms with van der Waals surface area (Å²) >= 11 is 7.19. The topological polar surface area (TPSA) is 64.6 Å². The zero-order valence-corrected chi connectivity index (χ0v) is 14.6. The molecule has 1 aromatic heterocycles. The van der Waals surface area contributed by atoms with E-state index in [0.717, 1.165) is 11.3 Å². The van der Waals surface area contributed by atoms with Crippen LogP contribution in [-0.2, 0) is 25.6 Å². The van der Waals surface area contributed by atoms with Crippen LogP contribution in [0.3, 0.4) is 0 Å². The maximum absolute atomic E-state index is 11.7. The van der Waals surface area contributed by atoms with Crippen molar-refractivity contribution >= 4 is 34.8 Å². The zero-order valence-electron chi connectivity index (χ0n) is 13.1. The van der Waals surface area contributed by atoms with Gasteiger partial charge in [0.1, 0.15) is 0 Å². The largest absolute Gasteiger partial charge is 0.454 e. The number of ether oxygens (including phenoxy) is 2. The minimum atomic E-state index is -0.664. The van der Waals surface area contributed by atoms with Gasteiger partial charge in [0.2, 0.25) is 0 Å². The van der Waals surface area contributed by atoms with Gasteiger partial charge in [-0.2, -0.15) is 0 Å². The molecule has 1 N–H and O–H groups in total. The van der Waals surface area contributed by atoms with Crippen molar-refractivity contribution in [2.75, 3.05) is 13.2 Å². The lowest BCUT2D eigenvalue weighted by atomic mass is 10.1. The molecule has 1 heterocycles. The second kappa shape index (κ2) is 9.82. The van der Waals surface area contributed by atoms with Crippen molar-refractivity contribution < 1.29 is 19.1 Å².